The molecule has 0 aliphatic carbocycles. The molecular formula is C9H11B2. The van der Waals surface area contributed by atoms with Crippen molar-refractivity contribution in [1.82, 2.24) is 0 Å². The fraction of sp³-hybridized carbons (Fsp3) is 0.333. The number of rotatable bonds is 3. The molecule has 2 heteroatoms. The average molecular weight is 141 g/mol. The first-order valence-electron chi connectivity index (χ1n) is 3.92. The van der Waals surface area contributed by atoms with Gasteiger partial charge in [0, 0.05) is 0 Å². The molecule has 0 bridgehead atoms. The minimum absolute atomic E-state index is 0.636. The van der Waals surface area contributed by atoms with Crippen LogP contribution in [0, 0.1) is 0 Å². The summed E-state index contributed by atoms with van der Waals surface area (Å²) in [6, 6.07) is 8.39. The molecule has 0 saturated carbocycles. The molecule has 11 heavy (non-hydrogen) atoms. The number of hydrogen-bond donors (Lipinski definition) is 0. The minimum atomic E-state index is 0.636. The molecule has 1 aromatic rings. The van der Waals surface area contributed by atoms with Crippen LogP contribution in [0.3, 0.4) is 0 Å². The fourth-order valence-corrected chi connectivity index (χ4v) is 1.12. The molecule has 0 N–H and O–H groups in total. The van der Waals surface area contributed by atoms with Crippen LogP contribution in [0.25, 0.3) is 0 Å². The maximum Gasteiger partial charge on any atom is 0.111 e. The quantitative estimate of drug-likeness (QED) is 0.560. The first-order valence-corrected chi connectivity index (χ1v) is 3.92. The average Bonchev–Trinajstić information content (AvgIpc) is 2.06. The summed E-state index contributed by atoms with van der Waals surface area (Å²) in [6.45, 7) is 2.06. The molecule has 1 aromatic carbocycles. The first-order chi connectivity index (χ1) is 5.36. The summed E-state index contributed by atoms with van der Waals surface area (Å²) in [5, 5.41) is 0. The Kier molecular flexibility index (Phi) is 3.28. The van der Waals surface area contributed by atoms with Crippen LogP contribution in [0.1, 0.15) is 11.1 Å². The summed E-state index contributed by atoms with van der Waals surface area (Å²) >= 11 is 0. The molecule has 53 valence electrons. The van der Waals surface area contributed by atoms with Crippen molar-refractivity contribution >= 4 is 15.1 Å². The van der Waals surface area contributed by atoms with Crippen molar-refractivity contribution < 1.29 is 0 Å². The Hall–Kier alpha value is -0.650. The summed E-state index contributed by atoms with van der Waals surface area (Å²) in [6.07, 6.45) is 1.67. The molecule has 0 saturated heterocycles. The number of hydrogen-bond acceptors (Lipinski definition) is 0. The maximum absolute atomic E-state index is 5.50. The van der Waals surface area contributed by atoms with E-state index in [0.717, 1.165) is 6.32 Å². The summed E-state index contributed by atoms with van der Waals surface area (Å²) in [7, 11) is 7.65. The van der Waals surface area contributed by atoms with Gasteiger partial charge in [-0.25, -0.2) is 0 Å². The molecule has 1 rings (SSSR count). The van der Waals surface area contributed by atoms with E-state index in [1.165, 1.54) is 11.1 Å². The lowest BCUT2D eigenvalue weighted by Gasteiger charge is -2.00. The van der Waals surface area contributed by atoms with E-state index >= 15 is 0 Å². The Balaban J connectivity index is 2.74. The second-order valence-corrected chi connectivity index (χ2v) is 2.64. The molecule has 0 nitrogen and oxygen atoms in total. The van der Waals surface area contributed by atoms with Crippen LogP contribution in [-0.2, 0) is 12.6 Å². The smallest absolute Gasteiger partial charge is 0.0917 e. The van der Waals surface area contributed by atoms with Crippen LogP contribution in [0.2, 0.25) is 6.82 Å². The van der Waals surface area contributed by atoms with E-state index in [2.05, 4.69) is 38.4 Å². The predicted molar refractivity (Wildman–Crippen MR) is 51.2 cm³/mol. The SMILES string of the molecule is [B]Cc1cccc(C[B]C)c1. The van der Waals surface area contributed by atoms with Crippen molar-refractivity contribution in [3.63, 3.8) is 0 Å². The zero-order valence-electron chi connectivity index (χ0n) is 6.88. The van der Waals surface area contributed by atoms with Crippen LogP contribution < -0.4 is 0 Å². The van der Waals surface area contributed by atoms with Crippen molar-refractivity contribution in [3.05, 3.63) is 35.4 Å². The molecule has 0 atom stereocenters. The van der Waals surface area contributed by atoms with E-state index in [1.807, 2.05) is 0 Å². The second-order valence-electron chi connectivity index (χ2n) is 2.64. The standard InChI is InChI=1S/C9H11B2/c1-11-7-9-4-2-3-8(5-9)6-10/h2-5H,6-7H2,1H3. The van der Waals surface area contributed by atoms with Gasteiger partial charge in [-0.15, -0.1) is 0 Å². The van der Waals surface area contributed by atoms with Gasteiger partial charge in [0.1, 0.15) is 7.28 Å². The van der Waals surface area contributed by atoms with Crippen LogP contribution in [0.4, 0.5) is 0 Å². The molecule has 0 aromatic heterocycles. The minimum Gasteiger partial charge on any atom is -0.0917 e. The Morgan fingerprint density at radius 1 is 1.36 bits per heavy atom. The Morgan fingerprint density at radius 3 is 2.73 bits per heavy atom. The van der Waals surface area contributed by atoms with Gasteiger partial charge in [-0.2, -0.15) is 0 Å². The highest BCUT2D eigenvalue weighted by Gasteiger charge is 1.92. The molecule has 0 spiro atoms. The molecule has 0 fully saturated rings. The van der Waals surface area contributed by atoms with Crippen molar-refractivity contribution in [1.29, 1.82) is 0 Å². The summed E-state index contributed by atoms with van der Waals surface area (Å²) in [4.78, 5) is 0. The largest absolute Gasteiger partial charge is 0.111 e. The van der Waals surface area contributed by atoms with Gasteiger partial charge in [0.15, 0.2) is 0 Å². The van der Waals surface area contributed by atoms with E-state index in [1.54, 1.807) is 0 Å². The van der Waals surface area contributed by atoms with Crippen LogP contribution in [0.15, 0.2) is 24.3 Å². The van der Waals surface area contributed by atoms with Crippen molar-refractivity contribution in [2.75, 3.05) is 0 Å². The lowest BCUT2D eigenvalue weighted by Crippen LogP contribution is -1.92. The highest BCUT2D eigenvalue weighted by atomic mass is 13.9. The van der Waals surface area contributed by atoms with Crippen LogP contribution in [-0.4, -0.2) is 15.1 Å². The van der Waals surface area contributed by atoms with E-state index in [0.29, 0.717) is 6.32 Å². The molecule has 3 radical (unpaired) electrons. The van der Waals surface area contributed by atoms with E-state index in [4.69, 9.17) is 7.85 Å². The molecule has 0 aliphatic heterocycles. The number of benzene rings is 1. The van der Waals surface area contributed by atoms with E-state index in [-0.39, 0.29) is 0 Å². The van der Waals surface area contributed by atoms with Gasteiger partial charge in [-0.1, -0.05) is 54.9 Å². The van der Waals surface area contributed by atoms with Gasteiger partial charge in [-0.05, 0) is 0 Å². The molecule has 0 heterocycles. The van der Waals surface area contributed by atoms with Gasteiger partial charge >= 0.3 is 0 Å². The summed E-state index contributed by atoms with van der Waals surface area (Å²) < 4.78 is 0. The molecule has 0 unspecified atom stereocenters. The van der Waals surface area contributed by atoms with Gasteiger partial charge < -0.3 is 0 Å². The zero-order valence-corrected chi connectivity index (χ0v) is 6.88. The highest BCUT2D eigenvalue weighted by molar-refractivity contribution is 6.32. The second kappa shape index (κ2) is 4.27. The van der Waals surface area contributed by atoms with E-state index in [9.17, 15) is 0 Å². The zero-order chi connectivity index (χ0) is 8.10. The fourth-order valence-electron chi connectivity index (χ4n) is 1.12. The van der Waals surface area contributed by atoms with Gasteiger partial charge in [0.05, 0.1) is 7.85 Å². The maximum atomic E-state index is 5.50. The van der Waals surface area contributed by atoms with Crippen molar-refractivity contribution in [2.24, 2.45) is 0 Å². The van der Waals surface area contributed by atoms with Crippen LogP contribution >= 0.6 is 0 Å². The Morgan fingerprint density at radius 2 is 2.09 bits per heavy atom. The topological polar surface area (TPSA) is 0 Å². The predicted octanol–water partition coefficient (Wildman–Crippen LogP) is 1.61. The highest BCUT2D eigenvalue weighted by Crippen LogP contribution is 2.04. The lowest BCUT2D eigenvalue weighted by atomic mass is 9.74. The molecule has 0 amide bonds. The van der Waals surface area contributed by atoms with Gasteiger partial charge in [0.25, 0.3) is 0 Å². The third-order valence-electron chi connectivity index (χ3n) is 1.67. The first kappa shape index (κ1) is 8.45. The molecular weight excluding hydrogens is 130 g/mol. The van der Waals surface area contributed by atoms with Crippen molar-refractivity contribution in [2.45, 2.75) is 19.5 Å². The van der Waals surface area contributed by atoms with Crippen molar-refractivity contribution in [3.8, 4) is 0 Å². The third-order valence-corrected chi connectivity index (χ3v) is 1.67. The Bertz CT molecular complexity index is 221. The summed E-state index contributed by atoms with van der Waals surface area (Å²) in [5.74, 6) is 0. The van der Waals surface area contributed by atoms with Gasteiger partial charge in [0.2, 0.25) is 0 Å². The van der Waals surface area contributed by atoms with E-state index < -0.39 is 0 Å². The summed E-state index contributed by atoms with van der Waals surface area (Å²) in [5.41, 5.74) is 2.56. The molecule has 0 aliphatic rings. The third kappa shape index (κ3) is 2.45. The lowest BCUT2D eigenvalue weighted by molar-refractivity contribution is 1.31. The van der Waals surface area contributed by atoms with Crippen LogP contribution in [0.5, 0.6) is 0 Å². The van der Waals surface area contributed by atoms with Gasteiger partial charge in [-0.3, -0.25) is 0 Å². The Labute approximate surface area is 70.7 Å². The normalized spacial score (nSPS) is 9.55. The monoisotopic (exact) mass is 141 g/mol.